The number of aromatic nitrogens is 1. The summed E-state index contributed by atoms with van der Waals surface area (Å²) in [4.78, 5) is 4.62. The van der Waals surface area contributed by atoms with Crippen molar-refractivity contribution >= 4 is 11.6 Å². The van der Waals surface area contributed by atoms with E-state index >= 15 is 0 Å². The number of benzene rings is 2. The van der Waals surface area contributed by atoms with Crippen LogP contribution in [0.2, 0.25) is 5.02 Å². The number of hydrogen-bond donors (Lipinski definition) is 0. The maximum absolute atomic E-state index is 6.44. The third-order valence-electron chi connectivity index (χ3n) is 3.87. The molecule has 0 saturated heterocycles. The van der Waals surface area contributed by atoms with Gasteiger partial charge >= 0.3 is 5.95 Å². The van der Waals surface area contributed by atoms with Gasteiger partial charge in [-0.3, -0.25) is 0 Å². The van der Waals surface area contributed by atoms with Gasteiger partial charge in [0.2, 0.25) is 5.89 Å². The van der Waals surface area contributed by atoms with Crippen molar-refractivity contribution in [3.05, 3.63) is 64.8 Å². The molecule has 26 heavy (non-hydrogen) atoms. The second-order valence-electron chi connectivity index (χ2n) is 6.17. The summed E-state index contributed by atoms with van der Waals surface area (Å²) in [6.07, 6.45) is 0. The molecule has 0 N–H and O–H groups in total. The zero-order valence-electron chi connectivity index (χ0n) is 15.2. The second kappa shape index (κ2) is 8.28. The maximum atomic E-state index is 6.44. The van der Waals surface area contributed by atoms with Crippen LogP contribution in [-0.4, -0.2) is 11.6 Å². The van der Waals surface area contributed by atoms with Crippen LogP contribution in [0.15, 0.2) is 52.9 Å². The van der Waals surface area contributed by atoms with Crippen molar-refractivity contribution in [3.63, 3.8) is 0 Å². The van der Waals surface area contributed by atoms with Gasteiger partial charge in [-0.2, -0.15) is 0 Å². The highest BCUT2D eigenvalue weighted by atomic mass is 35.5. The van der Waals surface area contributed by atoms with E-state index in [0.717, 1.165) is 11.3 Å². The molecule has 0 amide bonds. The second-order valence-corrected chi connectivity index (χ2v) is 6.57. The first-order valence-corrected chi connectivity index (χ1v) is 9.07. The molecule has 0 unspecified atom stereocenters. The molecule has 0 atom stereocenters. The van der Waals surface area contributed by atoms with Gasteiger partial charge in [0.15, 0.2) is 0 Å². The number of hydrogen-bond acceptors (Lipinski definition) is 4. The topological polar surface area (TPSA) is 44.5 Å². The van der Waals surface area contributed by atoms with E-state index in [1.165, 1.54) is 0 Å². The summed E-state index contributed by atoms with van der Waals surface area (Å²) in [5, 5.41) is 0.523. The summed E-state index contributed by atoms with van der Waals surface area (Å²) in [6, 6.07) is 15.5. The zero-order chi connectivity index (χ0) is 18.5. The highest BCUT2D eigenvalue weighted by molar-refractivity contribution is 6.33. The molecule has 3 rings (SSSR count). The lowest BCUT2D eigenvalue weighted by Gasteiger charge is -2.11. The molecule has 0 saturated carbocycles. The van der Waals surface area contributed by atoms with E-state index in [1.807, 2.05) is 63.2 Å². The minimum atomic E-state index is 0.172. The normalized spacial score (nSPS) is 11.0. The third kappa shape index (κ3) is 4.02. The summed E-state index contributed by atoms with van der Waals surface area (Å²) in [6.45, 7) is 6.95. The van der Waals surface area contributed by atoms with Crippen molar-refractivity contribution in [2.24, 2.45) is 0 Å². The number of nitrogens with zero attached hydrogens (tertiary/aromatic N) is 1. The first-order valence-electron chi connectivity index (χ1n) is 8.69. The predicted molar refractivity (Wildman–Crippen MR) is 103 cm³/mol. The predicted octanol–water partition coefficient (Wildman–Crippen LogP) is 6.10. The standard InChI is InChI=1S/C21H22ClNO3/c1-4-24-21-19(14(2)3)23-20(26-21)18-16(22)11-8-12-17(18)25-13-15-9-6-5-7-10-15/h5-12,14H,4,13H2,1-3H3. The zero-order valence-corrected chi connectivity index (χ0v) is 15.9. The fourth-order valence-corrected chi connectivity index (χ4v) is 2.84. The van der Waals surface area contributed by atoms with Crippen LogP contribution >= 0.6 is 11.6 Å². The first kappa shape index (κ1) is 18.3. The average molecular weight is 372 g/mol. The van der Waals surface area contributed by atoms with Gasteiger partial charge in [-0.25, -0.2) is 4.98 Å². The average Bonchev–Trinajstić information content (AvgIpc) is 3.05. The molecule has 0 aliphatic rings. The van der Waals surface area contributed by atoms with Crippen LogP contribution in [0.25, 0.3) is 11.5 Å². The van der Waals surface area contributed by atoms with Crippen LogP contribution in [0, 0.1) is 0 Å². The molecule has 5 heteroatoms. The van der Waals surface area contributed by atoms with Crippen LogP contribution in [0.1, 0.15) is 37.9 Å². The van der Waals surface area contributed by atoms with Crippen LogP contribution in [0.5, 0.6) is 11.7 Å². The molecular weight excluding hydrogens is 350 g/mol. The highest BCUT2D eigenvalue weighted by Crippen LogP contribution is 2.40. The summed E-state index contributed by atoms with van der Waals surface area (Å²) >= 11 is 6.44. The molecule has 0 bridgehead atoms. The van der Waals surface area contributed by atoms with Crippen LogP contribution < -0.4 is 9.47 Å². The van der Waals surface area contributed by atoms with Gasteiger partial charge in [0.05, 0.1) is 17.2 Å². The van der Waals surface area contributed by atoms with E-state index in [0.29, 0.717) is 41.4 Å². The summed E-state index contributed by atoms with van der Waals surface area (Å²) in [5.41, 5.74) is 2.48. The Hall–Kier alpha value is -2.46. The summed E-state index contributed by atoms with van der Waals surface area (Å²) in [7, 11) is 0. The number of halogens is 1. The Kier molecular flexibility index (Phi) is 5.84. The Bertz CT molecular complexity index is 859. The minimum Gasteiger partial charge on any atom is -0.488 e. The van der Waals surface area contributed by atoms with Crippen LogP contribution in [0.3, 0.4) is 0 Å². The molecule has 4 nitrogen and oxygen atoms in total. The van der Waals surface area contributed by atoms with E-state index in [2.05, 4.69) is 4.98 Å². The third-order valence-corrected chi connectivity index (χ3v) is 4.18. The van der Waals surface area contributed by atoms with Gasteiger partial charge in [-0.05, 0) is 24.6 Å². The highest BCUT2D eigenvalue weighted by Gasteiger charge is 2.22. The van der Waals surface area contributed by atoms with Gasteiger partial charge in [0, 0.05) is 5.92 Å². The Labute approximate surface area is 158 Å². The number of rotatable bonds is 7. The molecule has 136 valence electrons. The van der Waals surface area contributed by atoms with Gasteiger partial charge in [0.25, 0.3) is 0 Å². The molecule has 0 spiro atoms. The maximum Gasteiger partial charge on any atom is 0.309 e. The van der Waals surface area contributed by atoms with Crippen molar-refractivity contribution in [3.8, 4) is 23.1 Å². The summed E-state index contributed by atoms with van der Waals surface area (Å²) in [5.74, 6) is 1.64. The fourth-order valence-electron chi connectivity index (χ4n) is 2.59. The first-order chi connectivity index (χ1) is 12.6. The number of ether oxygens (including phenoxy) is 2. The van der Waals surface area contributed by atoms with E-state index in [9.17, 15) is 0 Å². The van der Waals surface area contributed by atoms with E-state index in [4.69, 9.17) is 25.5 Å². The fraction of sp³-hybridized carbons (Fsp3) is 0.286. The lowest BCUT2D eigenvalue weighted by Crippen LogP contribution is -1.97. The lowest BCUT2D eigenvalue weighted by molar-refractivity contribution is 0.255. The summed E-state index contributed by atoms with van der Waals surface area (Å²) < 4.78 is 17.5. The van der Waals surface area contributed by atoms with Gasteiger partial charge in [0.1, 0.15) is 18.1 Å². The molecule has 0 radical (unpaired) electrons. The van der Waals surface area contributed by atoms with Crippen molar-refractivity contribution in [1.82, 2.24) is 4.98 Å². The molecular formula is C21H22ClNO3. The minimum absolute atomic E-state index is 0.172. The molecule has 1 aromatic heterocycles. The molecule has 0 fully saturated rings. The van der Waals surface area contributed by atoms with Crippen molar-refractivity contribution in [1.29, 1.82) is 0 Å². The van der Waals surface area contributed by atoms with Crippen LogP contribution in [0.4, 0.5) is 0 Å². The lowest BCUT2D eigenvalue weighted by atomic mass is 10.1. The molecule has 1 heterocycles. The Morgan fingerprint density at radius 2 is 1.81 bits per heavy atom. The monoisotopic (exact) mass is 371 g/mol. The Balaban J connectivity index is 1.96. The number of oxazole rings is 1. The largest absolute Gasteiger partial charge is 0.488 e. The van der Waals surface area contributed by atoms with E-state index in [1.54, 1.807) is 6.07 Å². The SMILES string of the molecule is CCOc1oc(-c2c(Cl)cccc2OCc2ccccc2)nc1C(C)C. The van der Waals surface area contributed by atoms with Gasteiger partial charge < -0.3 is 13.9 Å². The smallest absolute Gasteiger partial charge is 0.309 e. The Morgan fingerprint density at radius 3 is 2.50 bits per heavy atom. The van der Waals surface area contributed by atoms with Crippen molar-refractivity contribution in [2.75, 3.05) is 6.61 Å². The molecule has 2 aromatic carbocycles. The van der Waals surface area contributed by atoms with Crippen LogP contribution in [-0.2, 0) is 6.61 Å². The van der Waals surface area contributed by atoms with E-state index in [-0.39, 0.29) is 5.92 Å². The quantitative estimate of drug-likeness (QED) is 0.503. The van der Waals surface area contributed by atoms with Crippen molar-refractivity contribution < 1.29 is 13.9 Å². The molecule has 0 aliphatic carbocycles. The van der Waals surface area contributed by atoms with Crippen molar-refractivity contribution in [2.45, 2.75) is 33.3 Å². The van der Waals surface area contributed by atoms with E-state index < -0.39 is 0 Å². The Morgan fingerprint density at radius 1 is 1.04 bits per heavy atom. The van der Waals surface area contributed by atoms with Gasteiger partial charge in [-0.15, -0.1) is 0 Å². The molecule has 0 aliphatic heterocycles. The molecule has 3 aromatic rings. The van der Waals surface area contributed by atoms with Gasteiger partial charge in [-0.1, -0.05) is 61.8 Å².